The molecule has 1 fully saturated rings. The van der Waals surface area contributed by atoms with Gasteiger partial charge < -0.3 is 15.0 Å². The number of nitrogens with zero attached hydrogens (tertiary/aromatic N) is 2. The first kappa shape index (κ1) is 16.3. The molecule has 0 atom stereocenters. The zero-order valence-electron chi connectivity index (χ0n) is 13.5. The molecule has 1 saturated heterocycles. The Labute approximate surface area is 132 Å². The predicted molar refractivity (Wildman–Crippen MR) is 88.0 cm³/mol. The van der Waals surface area contributed by atoms with Gasteiger partial charge in [0.2, 0.25) is 0 Å². The second-order valence-corrected chi connectivity index (χ2v) is 5.28. The lowest BCUT2D eigenvalue weighted by Gasteiger charge is -2.20. The van der Waals surface area contributed by atoms with Gasteiger partial charge >= 0.3 is 5.97 Å². The fraction of sp³-hybridized carbons (Fsp3) is 0.529. The van der Waals surface area contributed by atoms with E-state index in [1.165, 1.54) is 12.8 Å². The molecule has 1 aromatic carbocycles. The van der Waals surface area contributed by atoms with E-state index in [1.54, 1.807) is 12.1 Å². The quantitative estimate of drug-likeness (QED) is 0.516. The molecule has 1 aliphatic heterocycles. The molecule has 0 aromatic heterocycles. The summed E-state index contributed by atoms with van der Waals surface area (Å²) in [6.07, 6.45) is 2.47. The van der Waals surface area contributed by atoms with Crippen molar-refractivity contribution < 1.29 is 9.53 Å². The fourth-order valence-corrected chi connectivity index (χ4v) is 2.48. The molecule has 0 amide bonds. The summed E-state index contributed by atoms with van der Waals surface area (Å²) in [4.78, 5) is 18.6. The van der Waals surface area contributed by atoms with Gasteiger partial charge in [0.05, 0.1) is 18.7 Å². The van der Waals surface area contributed by atoms with Crippen molar-refractivity contribution in [1.82, 2.24) is 10.2 Å². The Bertz CT molecular complexity index is 505. The number of carbonyl (C=O) groups excluding carboxylic acids is 1. The number of rotatable bonds is 5. The second-order valence-electron chi connectivity index (χ2n) is 5.28. The summed E-state index contributed by atoms with van der Waals surface area (Å²) in [7, 11) is 0. The Morgan fingerprint density at radius 3 is 2.50 bits per heavy atom. The number of aliphatic imine (C=N–C) groups is 1. The Balaban J connectivity index is 1.99. The maximum Gasteiger partial charge on any atom is 0.338 e. The summed E-state index contributed by atoms with van der Waals surface area (Å²) in [6.45, 7) is 7.93. The van der Waals surface area contributed by atoms with Crippen molar-refractivity contribution in [3.8, 4) is 0 Å². The van der Waals surface area contributed by atoms with E-state index in [2.05, 4.69) is 17.1 Å². The first-order valence-corrected chi connectivity index (χ1v) is 8.04. The lowest BCUT2D eigenvalue weighted by molar-refractivity contribution is 0.0526. The van der Waals surface area contributed by atoms with Crippen LogP contribution in [0.4, 0.5) is 0 Å². The van der Waals surface area contributed by atoms with Crippen LogP contribution in [0.5, 0.6) is 0 Å². The van der Waals surface area contributed by atoms with Gasteiger partial charge in [-0.25, -0.2) is 9.79 Å². The normalized spacial score (nSPS) is 15.0. The molecule has 0 radical (unpaired) electrons. The number of likely N-dealkylation sites (tertiary alicyclic amines) is 1. The lowest BCUT2D eigenvalue weighted by Crippen LogP contribution is -2.39. The van der Waals surface area contributed by atoms with Crippen molar-refractivity contribution in [1.29, 1.82) is 0 Å². The van der Waals surface area contributed by atoms with Gasteiger partial charge in [-0.15, -0.1) is 0 Å². The smallest absolute Gasteiger partial charge is 0.338 e. The third-order valence-corrected chi connectivity index (χ3v) is 3.62. The third-order valence-electron chi connectivity index (χ3n) is 3.62. The highest BCUT2D eigenvalue weighted by atomic mass is 16.5. The number of hydrogen-bond acceptors (Lipinski definition) is 3. The highest BCUT2D eigenvalue weighted by Crippen LogP contribution is 2.10. The highest BCUT2D eigenvalue weighted by molar-refractivity contribution is 5.89. The first-order chi connectivity index (χ1) is 10.7. The van der Waals surface area contributed by atoms with Crippen molar-refractivity contribution in [3.63, 3.8) is 0 Å². The van der Waals surface area contributed by atoms with E-state index in [0.717, 1.165) is 31.2 Å². The van der Waals surface area contributed by atoms with Crippen molar-refractivity contribution in [3.05, 3.63) is 35.4 Å². The molecule has 0 unspecified atom stereocenters. The number of nitrogens with one attached hydrogen (secondary N) is 1. The Hall–Kier alpha value is -2.04. The van der Waals surface area contributed by atoms with Gasteiger partial charge in [-0.2, -0.15) is 0 Å². The summed E-state index contributed by atoms with van der Waals surface area (Å²) < 4.78 is 4.98. The summed E-state index contributed by atoms with van der Waals surface area (Å²) >= 11 is 0. The molecule has 0 aliphatic carbocycles. The Kier molecular flexibility index (Phi) is 6.25. The molecular weight excluding hydrogens is 278 g/mol. The van der Waals surface area contributed by atoms with Gasteiger partial charge in [0.15, 0.2) is 5.96 Å². The standard InChI is InChI=1S/C17H25N3O2/c1-3-18-17(20-11-5-6-12-20)19-13-14-7-9-15(10-8-14)16(21)22-4-2/h7-10H,3-6,11-13H2,1-2H3,(H,18,19). The van der Waals surface area contributed by atoms with E-state index in [4.69, 9.17) is 9.73 Å². The van der Waals surface area contributed by atoms with Crippen LogP contribution in [0.25, 0.3) is 0 Å². The van der Waals surface area contributed by atoms with Crippen LogP contribution >= 0.6 is 0 Å². The lowest BCUT2D eigenvalue weighted by atomic mass is 10.1. The van der Waals surface area contributed by atoms with Crippen LogP contribution in [0.15, 0.2) is 29.3 Å². The van der Waals surface area contributed by atoms with E-state index in [-0.39, 0.29) is 5.97 Å². The van der Waals surface area contributed by atoms with Crippen LogP contribution in [0.2, 0.25) is 0 Å². The van der Waals surface area contributed by atoms with Gasteiger partial charge in [-0.1, -0.05) is 12.1 Å². The zero-order chi connectivity index (χ0) is 15.8. The summed E-state index contributed by atoms with van der Waals surface area (Å²) in [5.74, 6) is 0.706. The van der Waals surface area contributed by atoms with Gasteiger partial charge in [0.25, 0.3) is 0 Å². The average molecular weight is 303 g/mol. The topological polar surface area (TPSA) is 53.9 Å². The summed E-state index contributed by atoms with van der Waals surface area (Å²) in [5.41, 5.74) is 1.67. The molecular formula is C17H25N3O2. The molecule has 2 rings (SSSR count). The maximum absolute atomic E-state index is 11.6. The highest BCUT2D eigenvalue weighted by Gasteiger charge is 2.15. The van der Waals surface area contributed by atoms with Crippen molar-refractivity contribution in [2.24, 2.45) is 4.99 Å². The number of benzene rings is 1. The Morgan fingerprint density at radius 2 is 1.91 bits per heavy atom. The van der Waals surface area contributed by atoms with Crippen molar-refractivity contribution >= 4 is 11.9 Å². The van der Waals surface area contributed by atoms with E-state index >= 15 is 0 Å². The van der Waals surface area contributed by atoms with Crippen LogP contribution in [-0.4, -0.2) is 43.1 Å². The molecule has 1 N–H and O–H groups in total. The first-order valence-electron chi connectivity index (χ1n) is 8.04. The molecule has 1 aromatic rings. The van der Waals surface area contributed by atoms with Gasteiger partial charge in [-0.3, -0.25) is 0 Å². The number of guanidine groups is 1. The SMILES string of the molecule is CCNC(=NCc1ccc(C(=O)OCC)cc1)N1CCCC1. The number of carbonyl (C=O) groups is 1. The molecule has 5 heteroatoms. The van der Waals surface area contributed by atoms with Crippen LogP contribution in [0.1, 0.15) is 42.6 Å². The molecule has 120 valence electrons. The summed E-state index contributed by atoms with van der Waals surface area (Å²) in [5, 5.41) is 3.34. The zero-order valence-corrected chi connectivity index (χ0v) is 13.5. The average Bonchev–Trinajstić information content (AvgIpc) is 3.06. The van der Waals surface area contributed by atoms with E-state index in [9.17, 15) is 4.79 Å². The molecule has 22 heavy (non-hydrogen) atoms. The third kappa shape index (κ3) is 4.48. The monoisotopic (exact) mass is 303 g/mol. The van der Waals surface area contributed by atoms with Crippen molar-refractivity contribution in [2.45, 2.75) is 33.2 Å². The molecule has 0 spiro atoms. The largest absolute Gasteiger partial charge is 0.462 e. The van der Waals surface area contributed by atoms with Crippen LogP contribution in [-0.2, 0) is 11.3 Å². The Morgan fingerprint density at radius 1 is 1.23 bits per heavy atom. The van der Waals surface area contributed by atoms with Crippen molar-refractivity contribution in [2.75, 3.05) is 26.2 Å². The molecule has 0 saturated carbocycles. The summed E-state index contributed by atoms with van der Waals surface area (Å²) in [6, 6.07) is 7.46. The van der Waals surface area contributed by atoms with Gasteiger partial charge in [0.1, 0.15) is 0 Å². The van der Waals surface area contributed by atoms with E-state index in [0.29, 0.717) is 18.7 Å². The van der Waals surface area contributed by atoms with E-state index in [1.807, 2.05) is 19.1 Å². The molecule has 0 bridgehead atoms. The van der Waals surface area contributed by atoms with Gasteiger partial charge in [0, 0.05) is 19.6 Å². The number of ether oxygens (including phenoxy) is 1. The van der Waals surface area contributed by atoms with Crippen LogP contribution in [0.3, 0.4) is 0 Å². The maximum atomic E-state index is 11.6. The minimum absolute atomic E-state index is 0.275. The molecule has 1 heterocycles. The minimum Gasteiger partial charge on any atom is -0.462 e. The molecule has 1 aliphatic rings. The fourth-order valence-electron chi connectivity index (χ4n) is 2.48. The predicted octanol–water partition coefficient (Wildman–Crippen LogP) is 2.42. The second kappa shape index (κ2) is 8.41. The van der Waals surface area contributed by atoms with Crippen LogP contribution in [0, 0.1) is 0 Å². The van der Waals surface area contributed by atoms with E-state index < -0.39 is 0 Å². The molecule has 5 nitrogen and oxygen atoms in total. The minimum atomic E-state index is -0.275. The van der Waals surface area contributed by atoms with Crippen LogP contribution < -0.4 is 5.32 Å². The number of esters is 1. The number of hydrogen-bond donors (Lipinski definition) is 1. The van der Waals surface area contributed by atoms with Gasteiger partial charge in [-0.05, 0) is 44.4 Å².